The lowest BCUT2D eigenvalue weighted by molar-refractivity contribution is -0.153. The Kier molecular flexibility index (Phi) is 8.39. The molecule has 180 valence electrons. The predicted molar refractivity (Wildman–Crippen MR) is 124 cm³/mol. The highest BCUT2D eigenvalue weighted by Crippen LogP contribution is 2.21. The van der Waals surface area contributed by atoms with Gasteiger partial charge in [-0.3, -0.25) is 9.59 Å². The maximum absolute atomic E-state index is 12.6. The van der Waals surface area contributed by atoms with Crippen molar-refractivity contribution in [1.29, 1.82) is 0 Å². The first-order valence-corrected chi connectivity index (χ1v) is 10.8. The van der Waals surface area contributed by atoms with Gasteiger partial charge in [0, 0.05) is 19.0 Å². The summed E-state index contributed by atoms with van der Waals surface area (Å²) in [6.07, 6.45) is -1.91. The summed E-state index contributed by atoms with van der Waals surface area (Å²) in [6.45, 7) is 1.68. The van der Waals surface area contributed by atoms with Crippen LogP contribution in [0.2, 0.25) is 0 Å². The molecule has 3 aromatic rings. The Labute approximate surface area is 198 Å². The van der Waals surface area contributed by atoms with Gasteiger partial charge in [-0.25, -0.2) is 4.98 Å². The number of carbonyl (C=O) groups excluding carboxylic acids is 2. The summed E-state index contributed by atoms with van der Waals surface area (Å²) in [7, 11) is 3.09. The minimum Gasteiger partial charge on any atom is -0.496 e. The van der Waals surface area contributed by atoms with Gasteiger partial charge in [0.15, 0.2) is 12.2 Å². The molecule has 2 amide bonds. The average Bonchev–Trinajstić information content (AvgIpc) is 3.33. The molecule has 3 N–H and O–H groups in total. The number of methoxy groups -OCH3 is 1. The number of likely N-dealkylation sites (N-methyl/N-ethyl adjacent to an activating group) is 1. The second-order valence-electron chi connectivity index (χ2n) is 7.86. The fraction of sp³-hybridized carbons (Fsp3) is 0.320. The fourth-order valence-corrected chi connectivity index (χ4v) is 3.46. The van der Waals surface area contributed by atoms with Crippen molar-refractivity contribution in [3.8, 4) is 5.75 Å². The molecular weight excluding hydrogens is 438 g/mol. The number of nitrogens with zero attached hydrogens (tertiary/aromatic N) is 2. The van der Waals surface area contributed by atoms with Crippen molar-refractivity contribution in [2.24, 2.45) is 0 Å². The summed E-state index contributed by atoms with van der Waals surface area (Å²) in [5, 5.41) is 22.9. The molecule has 0 saturated heterocycles. The van der Waals surface area contributed by atoms with Crippen molar-refractivity contribution in [2.75, 3.05) is 14.2 Å². The molecule has 0 saturated carbocycles. The van der Waals surface area contributed by atoms with E-state index >= 15 is 0 Å². The number of aliphatic hydroxyl groups excluding tert-OH is 2. The molecule has 2 aromatic carbocycles. The molecule has 9 heteroatoms. The monoisotopic (exact) mass is 467 g/mol. The Bertz CT molecular complexity index is 1100. The number of nitrogens with one attached hydrogen (secondary N) is 1. The average molecular weight is 468 g/mol. The van der Waals surface area contributed by atoms with Crippen LogP contribution in [0.3, 0.4) is 0 Å². The molecule has 0 aliphatic rings. The summed E-state index contributed by atoms with van der Waals surface area (Å²) < 4.78 is 10.7. The molecule has 1 aromatic heterocycles. The van der Waals surface area contributed by atoms with Crippen LogP contribution in [0, 0.1) is 0 Å². The van der Waals surface area contributed by atoms with Crippen LogP contribution in [0.4, 0.5) is 0 Å². The van der Waals surface area contributed by atoms with E-state index < -0.39 is 24.0 Å². The second kappa shape index (κ2) is 11.4. The van der Waals surface area contributed by atoms with Crippen molar-refractivity contribution >= 4 is 11.8 Å². The van der Waals surface area contributed by atoms with Crippen LogP contribution in [0.5, 0.6) is 5.75 Å². The Balaban J connectivity index is 1.54. The Morgan fingerprint density at radius 3 is 2.47 bits per heavy atom. The summed E-state index contributed by atoms with van der Waals surface area (Å²) in [6, 6.07) is 16.4. The third kappa shape index (κ3) is 6.00. The smallest absolute Gasteiger partial charge is 0.254 e. The Morgan fingerprint density at radius 2 is 1.76 bits per heavy atom. The van der Waals surface area contributed by atoms with Crippen molar-refractivity contribution in [3.63, 3.8) is 0 Å². The van der Waals surface area contributed by atoms with E-state index in [0.717, 1.165) is 16.9 Å². The van der Waals surface area contributed by atoms with E-state index in [-0.39, 0.29) is 18.5 Å². The molecule has 1 heterocycles. The third-order valence-electron chi connectivity index (χ3n) is 5.61. The van der Waals surface area contributed by atoms with Crippen LogP contribution in [-0.2, 0) is 22.6 Å². The Hall–Kier alpha value is -3.69. The van der Waals surface area contributed by atoms with Gasteiger partial charge < -0.3 is 29.6 Å². The minimum absolute atomic E-state index is 0.112. The van der Waals surface area contributed by atoms with Crippen LogP contribution in [-0.4, -0.2) is 58.3 Å². The van der Waals surface area contributed by atoms with Crippen molar-refractivity contribution in [1.82, 2.24) is 15.2 Å². The normalized spacial score (nSPS) is 13.6. The highest BCUT2D eigenvalue weighted by Gasteiger charge is 2.34. The second-order valence-corrected chi connectivity index (χ2v) is 7.86. The first-order valence-electron chi connectivity index (χ1n) is 10.8. The summed E-state index contributed by atoms with van der Waals surface area (Å²) in [4.78, 5) is 30.5. The molecule has 1 unspecified atom stereocenters. The number of hydrogen-bond acceptors (Lipinski definition) is 7. The highest BCUT2D eigenvalue weighted by molar-refractivity contribution is 5.90. The number of hydrogen-bond donors (Lipinski definition) is 3. The Morgan fingerprint density at radius 1 is 1.09 bits per heavy atom. The maximum Gasteiger partial charge on any atom is 0.254 e. The third-order valence-corrected chi connectivity index (χ3v) is 5.61. The lowest BCUT2D eigenvalue weighted by Crippen LogP contribution is -2.50. The number of aromatic nitrogens is 1. The van der Waals surface area contributed by atoms with E-state index in [9.17, 15) is 19.8 Å². The number of amides is 2. The molecule has 0 spiro atoms. The molecule has 3 atom stereocenters. The van der Waals surface area contributed by atoms with Gasteiger partial charge in [0.2, 0.25) is 5.89 Å². The van der Waals surface area contributed by atoms with E-state index in [4.69, 9.17) is 9.15 Å². The SMILES string of the molecule is COc1ccccc1Cc1coc(CNC(=O)C(O)[C@@H](O)C(=O)N(C)[C@H](C)c2ccccc2)n1. The number of ether oxygens (including phenoxy) is 1. The molecule has 0 aliphatic carbocycles. The fourth-order valence-electron chi connectivity index (χ4n) is 3.46. The largest absolute Gasteiger partial charge is 0.496 e. The molecule has 34 heavy (non-hydrogen) atoms. The predicted octanol–water partition coefficient (Wildman–Crippen LogP) is 1.83. The van der Waals surface area contributed by atoms with Crippen LogP contribution in [0.15, 0.2) is 65.3 Å². The maximum atomic E-state index is 12.6. The number of para-hydroxylation sites is 1. The summed E-state index contributed by atoms with van der Waals surface area (Å²) >= 11 is 0. The van der Waals surface area contributed by atoms with Crippen molar-refractivity contribution in [2.45, 2.75) is 38.1 Å². The first kappa shape index (κ1) is 24.9. The zero-order valence-electron chi connectivity index (χ0n) is 19.3. The molecule has 9 nitrogen and oxygen atoms in total. The van der Waals surface area contributed by atoms with Gasteiger partial charge in [0.25, 0.3) is 11.8 Å². The van der Waals surface area contributed by atoms with Crippen LogP contribution >= 0.6 is 0 Å². The lowest BCUT2D eigenvalue weighted by Gasteiger charge is -2.28. The topological polar surface area (TPSA) is 125 Å². The van der Waals surface area contributed by atoms with E-state index in [1.807, 2.05) is 54.6 Å². The van der Waals surface area contributed by atoms with Crippen LogP contribution in [0.1, 0.15) is 35.7 Å². The quantitative estimate of drug-likeness (QED) is 0.415. The summed E-state index contributed by atoms with van der Waals surface area (Å²) in [5.41, 5.74) is 2.43. The zero-order chi connectivity index (χ0) is 24.7. The number of oxazole rings is 1. The van der Waals surface area contributed by atoms with E-state index in [2.05, 4.69) is 10.3 Å². The van der Waals surface area contributed by atoms with Crippen LogP contribution in [0.25, 0.3) is 0 Å². The molecule has 3 rings (SSSR count). The minimum atomic E-state index is -1.94. The van der Waals surface area contributed by atoms with Gasteiger partial charge in [-0.05, 0) is 18.6 Å². The number of carbonyl (C=O) groups is 2. The number of rotatable bonds is 10. The van der Waals surface area contributed by atoms with E-state index in [1.54, 1.807) is 14.0 Å². The van der Waals surface area contributed by atoms with Crippen LogP contribution < -0.4 is 10.1 Å². The van der Waals surface area contributed by atoms with E-state index in [1.165, 1.54) is 18.2 Å². The van der Waals surface area contributed by atoms with Crippen molar-refractivity contribution < 1.29 is 29.0 Å². The summed E-state index contributed by atoms with van der Waals surface area (Å²) in [5.74, 6) is -0.727. The van der Waals surface area contributed by atoms with Gasteiger partial charge in [0.05, 0.1) is 25.4 Å². The molecule has 0 bridgehead atoms. The standard InChI is InChI=1S/C25H29N3O6/c1-16(17-9-5-4-6-10-17)28(2)25(32)23(30)22(29)24(31)26-14-21-27-19(15-34-21)13-18-11-7-8-12-20(18)33-3/h4-12,15-16,22-23,29-30H,13-14H2,1-3H3,(H,26,31)/t16-,22?,23-/m1/s1. The molecule has 0 radical (unpaired) electrons. The van der Waals surface area contributed by atoms with Gasteiger partial charge in [-0.1, -0.05) is 48.5 Å². The number of benzene rings is 2. The van der Waals surface area contributed by atoms with Gasteiger partial charge in [0.1, 0.15) is 12.0 Å². The molecular formula is C25H29N3O6. The number of aliphatic hydroxyl groups is 2. The molecule has 0 aliphatic heterocycles. The van der Waals surface area contributed by atoms with Gasteiger partial charge in [-0.2, -0.15) is 0 Å². The first-order chi connectivity index (χ1) is 16.3. The van der Waals surface area contributed by atoms with Gasteiger partial charge >= 0.3 is 0 Å². The molecule has 0 fully saturated rings. The van der Waals surface area contributed by atoms with E-state index in [0.29, 0.717) is 12.1 Å². The van der Waals surface area contributed by atoms with Crippen molar-refractivity contribution in [3.05, 3.63) is 83.6 Å². The zero-order valence-corrected chi connectivity index (χ0v) is 19.3. The highest BCUT2D eigenvalue weighted by atomic mass is 16.5. The van der Waals surface area contributed by atoms with Gasteiger partial charge in [-0.15, -0.1) is 0 Å². The lowest BCUT2D eigenvalue weighted by atomic mass is 10.1.